The minimum absolute atomic E-state index is 0.0797. The Morgan fingerprint density at radius 2 is 2.18 bits per heavy atom. The number of non-ortho nitro benzene ring substituents is 1. The topological polar surface area (TPSA) is 71.6 Å². The maximum atomic E-state index is 10.9. The summed E-state index contributed by atoms with van der Waals surface area (Å²) in [6.07, 6.45) is 7.26. The van der Waals surface area contributed by atoms with Crippen LogP contribution in [-0.4, -0.2) is 22.3 Å². The smallest absolute Gasteiger partial charge is 0.271 e. The largest absolute Gasteiger partial charge is 0.327 e. The molecular formula is C16H14N4O2. The van der Waals surface area contributed by atoms with Gasteiger partial charge in [0.15, 0.2) is 0 Å². The van der Waals surface area contributed by atoms with Gasteiger partial charge in [-0.3, -0.25) is 20.1 Å². The zero-order valence-electron chi connectivity index (χ0n) is 12.0. The highest BCUT2D eigenvalue weighted by Gasteiger charge is 2.15. The summed E-state index contributed by atoms with van der Waals surface area (Å²) in [7, 11) is 0. The number of nitrogens with zero attached hydrogens (tertiary/aromatic N) is 4. The van der Waals surface area contributed by atoms with Crippen LogP contribution in [0.15, 0.2) is 60.0 Å². The number of hydrogen-bond donors (Lipinski definition) is 0. The van der Waals surface area contributed by atoms with Crippen LogP contribution in [0.1, 0.15) is 11.1 Å². The molecule has 1 aliphatic rings. The zero-order chi connectivity index (χ0) is 15.5. The molecule has 1 aliphatic heterocycles. The van der Waals surface area contributed by atoms with E-state index in [4.69, 9.17) is 0 Å². The lowest BCUT2D eigenvalue weighted by atomic mass is 10.1. The fourth-order valence-corrected chi connectivity index (χ4v) is 2.29. The van der Waals surface area contributed by atoms with E-state index in [2.05, 4.69) is 9.98 Å². The molecule has 110 valence electrons. The van der Waals surface area contributed by atoms with Crippen LogP contribution in [0, 0.1) is 17.0 Å². The van der Waals surface area contributed by atoms with E-state index in [1.165, 1.54) is 6.07 Å². The van der Waals surface area contributed by atoms with Crippen molar-refractivity contribution in [1.29, 1.82) is 0 Å². The predicted molar refractivity (Wildman–Crippen MR) is 85.1 cm³/mol. The van der Waals surface area contributed by atoms with Crippen LogP contribution in [-0.2, 0) is 0 Å². The van der Waals surface area contributed by atoms with Gasteiger partial charge in [-0.25, -0.2) is 0 Å². The molecule has 0 bridgehead atoms. The number of anilines is 1. The van der Waals surface area contributed by atoms with Gasteiger partial charge in [-0.2, -0.15) is 0 Å². The number of allylic oxidation sites excluding steroid dienone is 1. The van der Waals surface area contributed by atoms with Gasteiger partial charge in [0.2, 0.25) is 0 Å². The van der Waals surface area contributed by atoms with Gasteiger partial charge in [0.1, 0.15) is 6.67 Å². The Bertz CT molecular complexity index is 769. The maximum absolute atomic E-state index is 10.9. The van der Waals surface area contributed by atoms with Crippen LogP contribution >= 0.6 is 0 Å². The molecule has 0 atom stereocenters. The third-order valence-electron chi connectivity index (χ3n) is 3.48. The predicted octanol–water partition coefficient (Wildman–Crippen LogP) is 3.08. The second-order valence-corrected chi connectivity index (χ2v) is 4.94. The van der Waals surface area contributed by atoms with Crippen LogP contribution in [0.25, 0.3) is 0 Å². The van der Waals surface area contributed by atoms with Gasteiger partial charge in [-0.05, 0) is 30.7 Å². The molecule has 0 saturated heterocycles. The first-order chi connectivity index (χ1) is 10.6. The van der Waals surface area contributed by atoms with Crippen molar-refractivity contribution in [3.8, 4) is 0 Å². The van der Waals surface area contributed by atoms with Crippen LogP contribution < -0.4 is 4.90 Å². The molecule has 0 radical (unpaired) electrons. The van der Waals surface area contributed by atoms with Gasteiger partial charge >= 0.3 is 0 Å². The van der Waals surface area contributed by atoms with E-state index in [0.29, 0.717) is 6.67 Å². The summed E-state index contributed by atoms with van der Waals surface area (Å²) in [5, 5.41) is 10.9. The van der Waals surface area contributed by atoms with Gasteiger partial charge in [0, 0.05) is 36.3 Å². The summed E-state index contributed by atoms with van der Waals surface area (Å²) in [5.41, 5.74) is 3.65. The molecule has 0 amide bonds. The second kappa shape index (κ2) is 5.77. The summed E-state index contributed by atoms with van der Waals surface area (Å²) in [4.78, 5) is 21.0. The number of aromatic nitrogens is 1. The van der Waals surface area contributed by atoms with Crippen molar-refractivity contribution in [3.63, 3.8) is 0 Å². The normalized spacial score (nSPS) is 13.9. The molecule has 0 fully saturated rings. The van der Waals surface area contributed by atoms with Crippen molar-refractivity contribution in [3.05, 3.63) is 76.2 Å². The summed E-state index contributed by atoms with van der Waals surface area (Å²) >= 11 is 0. The Hall–Kier alpha value is -3.02. The highest BCUT2D eigenvalue weighted by Crippen LogP contribution is 2.27. The Morgan fingerprint density at radius 1 is 1.32 bits per heavy atom. The molecule has 1 aromatic carbocycles. The van der Waals surface area contributed by atoms with E-state index in [0.717, 1.165) is 22.5 Å². The lowest BCUT2D eigenvalue weighted by molar-refractivity contribution is -0.384. The summed E-state index contributed by atoms with van der Waals surface area (Å²) in [5.74, 6) is 0. The lowest BCUT2D eigenvalue weighted by Gasteiger charge is -2.23. The van der Waals surface area contributed by atoms with Crippen molar-refractivity contribution in [2.24, 2.45) is 4.99 Å². The number of rotatable bonds is 3. The first-order valence-corrected chi connectivity index (χ1v) is 6.80. The molecule has 0 aliphatic carbocycles. The fraction of sp³-hybridized carbons (Fsp3) is 0.125. The number of aliphatic imine (C=N–C) groups is 1. The number of aryl methyl sites for hydroxylation is 1. The Morgan fingerprint density at radius 3 is 2.82 bits per heavy atom. The van der Waals surface area contributed by atoms with E-state index in [1.54, 1.807) is 24.5 Å². The van der Waals surface area contributed by atoms with Crippen LogP contribution in [0.3, 0.4) is 0 Å². The number of pyridine rings is 1. The fourth-order valence-electron chi connectivity index (χ4n) is 2.29. The molecule has 6 nitrogen and oxygen atoms in total. The van der Waals surface area contributed by atoms with E-state index < -0.39 is 0 Å². The van der Waals surface area contributed by atoms with Gasteiger partial charge in [-0.15, -0.1) is 0 Å². The van der Waals surface area contributed by atoms with Crippen LogP contribution in [0.2, 0.25) is 0 Å². The van der Waals surface area contributed by atoms with Crippen LogP contribution in [0.5, 0.6) is 0 Å². The summed E-state index contributed by atoms with van der Waals surface area (Å²) < 4.78 is 0. The molecule has 2 heterocycles. The van der Waals surface area contributed by atoms with Crippen LogP contribution in [0.4, 0.5) is 11.4 Å². The van der Waals surface area contributed by atoms with E-state index in [-0.39, 0.29) is 10.6 Å². The zero-order valence-corrected chi connectivity index (χ0v) is 12.0. The average Bonchev–Trinajstić information content (AvgIpc) is 2.56. The highest BCUT2D eigenvalue weighted by molar-refractivity contribution is 6.09. The molecule has 1 aromatic heterocycles. The molecule has 3 rings (SSSR count). The van der Waals surface area contributed by atoms with Gasteiger partial charge in [0.25, 0.3) is 5.69 Å². The minimum atomic E-state index is -0.388. The minimum Gasteiger partial charge on any atom is -0.327 e. The standard InChI is InChI=1S/C16H14N4O2/c1-12-4-5-14(20(21)22)9-16(12)19-8-6-15(18-11-19)13-3-2-7-17-10-13/h2-10H,11H2,1H3. The number of hydrogen-bond acceptors (Lipinski definition) is 5. The second-order valence-electron chi connectivity index (χ2n) is 4.94. The van der Waals surface area contributed by atoms with Crippen molar-refractivity contribution < 1.29 is 4.92 Å². The van der Waals surface area contributed by atoms with Crippen molar-refractivity contribution in [2.45, 2.75) is 6.92 Å². The quantitative estimate of drug-likeness (QED) is 0.644. The van der Waals surface area contributed by atoms with Gasteiger partial charge in [-0.1, -0.05) is 6.07 Å². The van der Waals surface area contributed by atoms with E-state index in [9.17, 15) is 10.1 Å². The number of benzene rings is 1. The van der Waals surface area contributed by atoms with Crippen molar-refractivity contribution >= 4 is 17.1 Å². The molecule has 0 N–H and O–H groups in total. The number of nitro groups is 1. The molecule has 0 saturated carbocycles. The third-order valence-corrected chi connectivity index (χ3v) is 3.48. The molecule has 6 heteroatoms. The lowest BCUT2D eigenvalue weighted by Crippen LogP contribution is -2.22. The molecular weight excluding hydrogens is 280 g/mol. The number of nitro benzene ring substituents is 1. The van der Waals surface area contributed by atoms with Crippen molar-refractivity contribution in [1.82, 2.24) is 4.98 Å². The average molecular weight is 294 g/mol. The summed E-state index contributed by atoms with van der Waals surface area (Å²) in [6, 6.07) is 8.65. The first-order valence-electron chi connectivity index (χ1n) is 6.80. The molecule has 0 unspecified atom stereocenters. The van der Waals surface area contributed by atoms with E-state index >= 15 is 0 Å². The summed E-state index contributed by atoms with van der Waals surface area (Å²) in [6.45, 7) is 2.34. The first kappa shape index (κ1) is 13.9. The third kappa shape index (κ3) is 2.71. The monoisotopic (exact) mass is 294 g/mol. The molecule has 2 aromatic rings. The van der Waals surface area contributed by atoms with Gasteiger partial charge < -0.3 is 4.90 Å². The molecule has 0 spiro atoms. The Labute approximate surface area is 127 Å². The van der Waals surface area contributed by atoms with Gasteiger partial charge in [0.05, 0.1) is 16.3 Å². The molecule has 22 heavy (non-hydrogen) atoms. The van der Waals surface area contributed by atoms with E-state index in [1.807, 2.05) is 36.2 Å². The van der Waals surface area contributed by atoms with Crippen molar-refractivity contribution in [2.75, 3.05) is 11.6 Å². The highest BCUT2D eigenvalue weighted by atomic mass is 16.6. The Kier molecular flexibility index (Phi) is 3.65. The SMILES string of the molecule is Cc1ccc([N+](=O)[O-])cc1N1C=CC(c2cccnc2)=NC1. The Balaban J connectivity index is 1.85. The maximum Gasteiger partial charge on any atom is 0.271 e.